The highest BCUT2D eigenvalue weighted by Crippen LogP contribution is 2.27. The summed E-state index contributed by atoms with van der Waals surface area (Å²) >= 11 is 0. The standard InChI is InChI=1S/C16H13F2NO3/c17-14-2-1-10(6-19)13(5-14)9-22-16-11(7-20)3-15(18)4-12(16)8-21/h1-5,20-21H,7-9H2. The van der Waals surface area contributed by atoms with Crippen LogP contribution in [0.3, 0.4) is 0 Å². The molecular formula is C16H13F2NO3. The molecule has 22 heavy (non-hydrogen) atoms. The Balaban J connectivity index is 2.33. The van der Waals surface area contributed by atoms with E-state index in [1.165, 1.54) is 12.1 Å². The van der Waals surface area contributed by atoms with E-state index in [1.807, 2.05) is 6.07 Å². The summed E-state index contributed by atoms with van der Waals surface area (Å²) in [6, 6.07) is 7.76. The normalized spacial score (nSPS) is 10.3. The van der Waals surface area contributed by atoms with Crippen molar-refractivity contribution < 1.29 is 23.7 Å². The van der Waals surface area contributed by atoms with Gasteiger partial charge in [0.1, 0.15) is 24.0 Å². The summed E-state index contributed by atoms with van der Waals surface area (Å²) in [4.78, 5) is 0. The number of ether oxygens (including phenoxy) is 1. The van der Waals surface area contributed by atoms with Gasteiger partial charge in [-0.3, -0.25) is 0 Å². The van der Waals surface area contributed by atoms with Gasteiger partial charge in [-0.05, 0) is 30.3 Å². The van der Waals surface area contributed by atoms with E-state index in [1.54, 1.807) is 0 Å². The average Bonchev–Trinajstić information content (AvgIpc) is 2.52. The van der Waals surface area contributed by atoms with Crippen LogP contribution < -0.4 is 4.74 Å². The van der Waals surface area contributed by atoms with E-state index in [9.17, 15) is 19.0 Å². The summed E-state index contributed by atoms with van der Waals surface area (Å²) in [5.41, 5.74) is 0.900. The third kappa shape index (κ3) is 3.39. The van der Waals surface area contributed by atoms with Gasteiger partial charge in [0.25, 0.3) is 0 Å². The minimum absolute atomic E-state index is 0.125. The zero-order chi connectivity index (χ0) is 16.1. The number of nitriles is 1. The molecule has 0 fully saturated rings. The summed E-state index contributed by atoms with van der Waals surface area (Å²) in [6.07, 6.45) is 0. The summed E-state index contributed by atoms with van der Waals surface area (Å²) in [6.45, 7) is -1.10. The highest BCUT2D eigenvalue weighted by Gasteiger charge is 2.13. The second-order valence-electron chi connectivity index (χ2n) is 4.57. The molecule has 4 nitrogen and oxygen atoms in total. The van der Waals surface area contributed by atoms with Crippen molar-refractivity contribution in [3.05, 3.63) is 64.2 Å². The molecule has 0 radical (unpaired) electrons. The Labute approximate surface area is 125 Å². The highest BCUT2D eigenvalue weighted by atomic mass is 19.1. The van der Waals surface area contributed by atoms with Gasteiger partial charge in [-0.2, -0.15) is 5.26 Å². The molecule has 2 rings (SSSR count). The zero-order valence-electron chi connectivity index (χ0n) is 11.5. The predicted molar refractivity (Wildman–Crippen MR) is 73.7 cm³/mol. The van der Waals surface area contributed by atoms with Crippen molar-refractivity contribution >= 4 is 0 Å². The molecule has 6 heteroatoms. The smallest absolute Gasteiger partial charge is 0.131 e. The fourth-order valence-corrected chi connectivity index (χ4v) is 2.07. The zero-order valence-corrected chi connectivity index (χ0v) is 11.5. The van der Waals surface area contributed by atoms with E-state index in [0.717, 1.165) is 18.2 Å². The number of halogens is 2. The molecule has 0 aromatic heterocycles. The van der Waals surface area contributed by atoms with Crippen LogP contribution in [0.5, 0.6) is 5.75 Å². The van der Waals surface area contributed by atoms with Gasteiger partial charge in [0, 0.05) is 16.7 Å². The Morgan fingerprint density at radius 2 is 1.55 bits per heavy atom. The topological polar surface area (TPSA) is 73.5 Å². The van der Waals surface area contributed by atoms with E-state index in [4.69, 9.17) is 10.00 Å². The van der Waals surface area contributed by atoms with Crippen LogP contribution in [0, 0.1) is 23.0 Å². The third-order valence-electron chi connectivity index (χ3n) is 3.11. The van der Waals surface area contributed by atoms with Crippen molar-refractivity contribution in [1.82, 2.24) is 0 Å². The predicted octanol–water partition coefficient (Wildman–Crippen LogP) is 2.40. The number of hydrogen-bond acceptors (Lipinski definition) is 4. The molecule has 0 unspecified atom stereocenters. The van der Waals surface area contributed by atoms with E-state index in [0.29, 0.717) is 5.56 Å². The molecule has 0 aliphatic heterocycles. The Morgan fingerprint density at radius 3 is 2.09 bits per heavy atom. The van der Waals surface area contributed by atoms with Crippen LogP contribution in [-0.4, -0.2) is 10.2 Å². The molecule has 0 amide bonds. The Bertz CT molecular complexity index is 701. The lowest BCUT2D eigenvalue weighted by Gasteiger charge is -2.15. The summed E-state index contributed by atoms with van der Waals surface area (Å²) < 4.78 is 32.1. The Kier molecular flexibility index (Phi) is 5.04. The van der Waals surface area contributed by atoms with Crippen LogP contribution in [-0.2, 0) is 19.8 Å². The summed E-state index contributed by atoms with van der Waals surface area (Å²) in [7, 11) is 0. The number of nitrogens with zero attached hydrogens (tertiary/aromatic N) is 1. The molecule has 0 spiro atoms. The first kappa shape index (κ1) is 15.9. The number of rotatable bonds is 5. The van der Waals surface area contributed by atoms with Gasteiger partial charge in [-0.1, -0.05) is 0 Å². The van der Waals surface area contributed by atoms with Crippen LogP contribution in [0.2, 0.25) is 0 Å². The number of benzene rings is 2. The van der Waals surface area contributed by atoms with Crippen molar-refractivity contribution in [2.45, 2.75) is 19.8 Å². The van der Waals surface area contributed by atoms with Crippen molar-refractivity contribution in [2.75, 3.05) is 0 Å². The van der Waals surface area contributed by atoms with Gasteiger partial charge >= 0.3 is 0 Å². The molecule has 2 aromatic carbocycles. The molecule has 0 atom stereocenters. The average molecular weight is 305 g/mol. The maximum absolute atomic E-state index is 13.3. The second-order valence-corrected chi connectivity index (χ2v) is 4.57. The van der Waals surface area contributed by atoms with E-state index in [-0.39, 0.29) is 29.0 Å². The molecule has 0 aliphatic rings. The van der Waals surface area contributed by atoms with Crippen molar-refractivity contribution in [1.29, 1.82) is 5.26 Å². The monoisotopic (exact) mass is 305 g/mol. The van der Waals surface area contributed by atoms with Crippen molar-refractivity contribution in [3.63, 3.8) is 0 Å². The molecular weight excluding hydrogens is 292 g/mol. The fourth-order valence-electron chi connectivity index (χ4n) is 2.07. The Morgan fingerprint density at radius 1 is 0.955 bits per heavy atom. The third-order valence-corrected chi connectivity index (χ3v) is 3.11. The molecule has 0 bridgehead atoms. The second kappa shape index (κ2) is 6.98. The minimum Gasteiger partial charge on any atom is -0.488 e. The first-order valence-electron chi connectivity index (χ1n) is 6.43. The fraction of sp³-hybridized carbons (Fsp3) is 0.188. The van der Waals surface area contributed by atoms with Gasteiger partial charge in [0.2, 0.25) is 0 Å². The van der Waals surface area contributed by atoms with E-state index >= 15 is 0 Å². The number of aliphatic hydroxyl groups is 2. The number of hydrogen-bond donors (Lipinski definition) is 2. The van der Waals surface area contributed by atoms with Crippen molar-refractivity contribution in [2.24, 2.45) is 0 Å². The SMILES string of the molecule is N#Cc1ccc(F)cc1COc1c(CO)cc(F)cc1CO. The summed E-state index contributed by atoms with van der Waals surface area (Å²) in [5.74, 6) is -0.995. The lowest BCUT2D eigenvalue weighted by atomic mass is 10.1. The lowest BCUT2D eigenvalue weighted by molar-refractivity contribution is 0.241. The van der Waals surface area contributed by atoms with Crippen LogP contribution in [0.25, 0.3) is 0 Å². The Hall–Kier alpha value is -2.49. The maximum Gasteiger partial charge on any atom is 0.131 e. The van der Waals surface area contributed by atoms with Crippen LogP contribution in [0.4, 0.5) is 8.78 Å². The van der Waals surface area contributed by atoms with Crippen molar-refractivity contribution in [3.8, 4) is 11.8 Å². The molecule has 0 heterocycles. The van der Waals surface area contributed by atoms with Crippen LogP contribution in [0.1, 0.15) is 22.3 Å². The first-order valence-corrected chi connectivity index (χ1v) is 6.43. The molecule has 2 aromatic rings. The largest absolute Gasteiger partial charge is 0.488 e. The molecule has 2 N–H and O–H groups in total. The molecule has 114 valence electrons. The van der Waals surface area contributed by atoms with E-state index < -0.39 is 24.8 Å². The lowest BCUT2D eigenvalue weighted by Crippen LogP contribution is -2.05. The highest BCUT2D eigenvalue weighted by molar-refractivity contribution is 5.43. The van der Waals surface area contributed by atoms with Gasteiger partial charge in [-0.25, -0.2) is 8.78 Å². The maximum atomic E-state index is 13.3. The van der Waals surface area contributed by atoms with Crippen LogP contribution in [0.15, 0.2) is 30.3 Å². The van der Waals surface area contributed by atoms with Crippen LogP contribution >= 0.6 is 0 Å². The number of aliphatic hydroxyl groups excluding tert-OH is 2. The van der Waals surface area contributed by atoms with Gasteiger partial charge < -0.3 is 14.9 Å². The first-order chi connectivity index (χ1) is 10.6. The summed E-state index contributed by atoms with van der Waals surface area (Å²) in [5, 5.41) is 27.5. The van der Waals surface area contributed by atoms with E-state index in [2.05, 4.69) is 0 Å². The minimum atomic E-state index is -0.607. The van der Waals surface area contributed by atoms with Gasteiger partial charge in [0.05, 0.1) is 24.8 Å². The quantitative estimate of drug-likeness (QED) is 0.889. The molecule has 0 aliphatic carbocycles. The molecule has 0 saturated heterocycles. The molecule has 0 saturated carbocycles. The van der Waals surface area contributed by atoms with Gasteiger partial charge in [0.15, 0.2) is 0 Å². The van der Waals surface area contributed by atoms with Gasteiger partial charge in [-0.15, -0.1) is 0 Å².